The van der Waals surface area contributed by atoms with Gasteiger partial charge in [0.1, 0.15) is 0 Å². The predicted molar refractivity (Wildman–Crippen MR) is 66.0 cm³/mol. The van der Waals surface area contributed by atoms with E-state index in [-0.39, 0.29) is 5.75 Å². The zero-order valence-electron chi connectivity index (χ0n) is 9.29. The second-order valence-electron chi connectivity index (χ2n) is 3.66. The molecule has 1 heterocycles. The molecule has 0 saturated carbocycles. The average molecular weight is 262 g/mol. The van der Waals surface area contributed by atoms with Gasteiger partial charge in [0.15, 0.2) is 0 Å². The zero-order valence-corrected chi connectivity index (χ0v) is 10.1. The van der Waals surface area contributed by atoms with Crippen LogP contribution in [-0.2, 0) is 15.8 Å². The largest absolute Gasteiger partial charge is 0.284 e. The molecule has 6 nitrogen and oxygen atoms in total. The maximum Gasteiger partial charge on any atom is 0.237 e. The lowest BCUT2D eigenvalue weighted by atomic mass is 10.2. The molecule has 2 N–H and O–H groups in total. The van der Waals surface area contributed by atoms with Crippen molar-refractivity contribution in [3.05, 3.63) is 47.8 Å². The molecule has 2 rings (SSSR count). The van der Waals surface area contributed by atoms with E-state index in [0.29, 0.717) is 16.8 Å². The summed E-state index contributed by atoms with van der Waals surface area (Å²) in [5.74, 6) is -0.187. The van der Waals surface area contributed by atoms with E-state index in [1.165, 1.54) is 12.4 Å². The van der Waals surface area contributed by atoms with Crippen LogP contribution in [0.1, 0.15) is 11.1 Å². The highest BCUT2D eigenvalue weighted by molar-refractivity contribution is 7.91. The van der Waals surface area contributed by atoms with Gasteiger partial charge in [-0.1, -0.05) is 12.1 Å². The highest BCUT2D eigenvalue weighted by atomic mass is 32.2. The van der Waals surface area contributed by atoms with Crippen LogP contribution < -0.4 is 4.72 Å². The Bertz CT molecular complexity index is 671. The number of hydrogen-bond donors (Lipinski definition) is 2. The third-order valence-electron chi connectivity index (χ3n) is 2.18. The highest BCUT2D eigenvalue weighted by Crippen LogP contribution is 2.12. The van der Waals surface area contributed by atoms with Crippen molar-refractivity contribution in [2.24, 2.45) is 0 Å². The highest BCUT2D eigenvalue weighted by Gasteiger charge is 2.12. The molecule has 0 bridgehead atoms. The van der Waals surface area contributed by atoms with Crippen LogP contribution in [0.25, 0.3) is 0 Å². The number of sulfonamides is 1. The van der Waals surface area contributed by atoms with Crippen molar-refractivity contribution in [2.75, 3.05) is 4.72 Å². The van der Waals surface area contributed by atoms with E-state index in [1.807, 2.05) is 6.07 Å². The molecule has 92 valence electrons. The monoisotopic (exact) mass is 262 g/mol. The van der Waals surface area contributed by atoms with Gasteiger partial charge in [-0.25, -0.2) is 8.42 Å². The summed E-state index contributed by atoms with van der Waals surface area (Å²) in [6, 6.07) is 8.46. The standard InChI is InChI=1S/C11H10N4O2S/c12-5-9-2-1-3-10(4-9)8-18(16,17)15-11-6-13-14-7-11/h1-4,6-7,15H,8H2,(H,13,14). The lowest BCUT2D eigenvalue weighted by Crippen LogP contribution is -2.14. The molecule has 0 amide bonds. The van der Waals surface area contributed by atoms with Gasteiger partial charge in [-0.05, 0) is 17.7 Å². The molecule has 0 aliphatic rings. The van der Waals surface area contributed by atoms with Gasteiger partial charge < -0.3 is 0 Å². The second-order valence-corrected chi connectivity index (χ2v) is 5.38. The number of rotatable bonds is 4. The topological polar surface area (TPSA) is 98.6 Å². The van der Waals surface area contributed by atoms with E-state index >= 15 is 0 Å². The number of aromatic amines is 1. The first-order valence-corrected chi connectivity index (χ1v) is 6.72. The van der Waals surface area contributed by atoms with Crippen molar-refractivity contribution in [1.82, 2.24) is 10.2 Å². The van der Waals surface area contributed by atoms with Crippen LogP contribution in [0, 0.1) is 11.3 Å². The number of nitrogens with one attached hydrogen (secondary N) is 2. The summed E-state index contributed by atoms with van der Waals surface area (Å²) in [6.45, 7) is 0. The summed E-state index contributed by atoms with van der Waals surface area (Å²) in [4.78, 5) is 0. The van der Waals surface area contributed by atoms with Crippen LogP contribution in [0.3, 0.4) is 0 Å². The summed E-state index contributed by atoms with van der Waals surface area (Å²) >= 11 is 0. The molecular weight excluding hydrogens is 252 g/mol. The minimum absolute atomic E-state index is 0.187. The Hall–Kier alpha value is -2.33. The number of aromatic nitrogens is 2. The lowest BCUT2D eigenvalue weighted by Gasteiger charge is -2.05. The Morgan fingerprint density at radius 1 is 1.44 bits per heavy atom. The molecule has 7 heteroatoms. The SMILES string of the molecule is N#Cc1cccc(CS(=O)(=O)Nc2cn[nH]c2)c1. The Morgan fingerprint density at radius 3 is 2.94 bits per heavy atom. The van der Waals surface area contributed by atoms with Crippen molar-refractivity contribution in [3.8, 4) is 6.07 Å². The van der Waals surface area contributed by atoms with E-state index in [4.69, 9.17) is 5.26 Å². The third-order valence-corrected chi connectivity index (χ3v) is 3.44. The molecule has 0 unspecified atom stereocenters. The molecule has 0 aliphatic heterocycles. The minimum atomic E-state index is -3.50. The fourth-order valence-corrected chi connectivity index (χ4v) is 2.63. The van der Waals surface area contributed by atoms with Crippen molar-refractivity contribution >= 4 is 15.7 Å². The fourth-order valence-electron chi connectivity index (χ4n) is 1.47. The summed E-state index contributed by atoms with van der Waals surface area (Å²) in [5, 5.41) is 14.9. The van der Waals surface area contributed by atoms with E-state index in [1.54, 1.807) is 24.3 Å². The molecule has 2 aromatic rings. The summed E-state index contributed by atoms with van der Waals surface area (Å²) in [5.41, 5.74) is 1.38. The van der Waals surface area contributed by atoms with E-state index in [2.05, 4.69) is 14.9 Å². The molecule has 0 atom stereocenters. The summed E-state index contributed by atoms with van der Waals surface area (Å²) < 4.78 is 26.0. The molecule has 1 aromatic heterocycles. The fraction of sp³-hybridized carbons (Fsp3) is 0.0909. The molecule has 0 aliphatic carbocycles. The Balaban J connectivity index is 2.15. The van der Waals surface area contributed by atoms with Crippen molar-refractivity contribution < 1.29 is 8.42 Å². The van der Waals surface area contributed by atoms with Gasteiger partial charge in [0.25, 0.3) is 0 Å². The molecule has 0 radical (unpaired) electrons. The molecule has 0 saturated heterocycles. The number of benzene rings is 1. The molecule has 0 spiro atoms. The van der Waals surface area contributed by atoms with Crippen LogP contribution in [0.15, 0.2) is 36.7 Å². The predicted octanol–water partition coefficient (Wildman–Crippen LogP) is 1.22. The maximum absolute atomic E-state index is 11.8. The first-order valence-electron chi connectivity index (χ1n) is 5.07. The van der Waals surface area contributed by atoms with Crippen LogP contribution in [-0.4, -0.2) is 18.6 Å². The van der Waals surface area contributed by atoms with Crippen molar-refractivity contribution in [1.29, 1.82) is 5.26 Å². The number of hydrogen-bond acceptors (Lipinski definition) is 4. The Kier molecular flexibility index (Phi) is 3.30. The normalized spacial score (nSPS) is 10.8. The van der Waals surface area contributed by atoms with E-state index in [9.17, 15) is 8.42 Å². The van der Waals surface area contributed by atoms with Gasteiger partial charge >= 0.3 is 0 Å². The lowest BCUT2D eigenvalue weighted by molar-refractivity contribution is 0.600. The van der Waals surface area contributed by atoms with Gasteiger partial charge in [0.05, 0.1) is 29.3 Å². The van der Waals surface area contributed by atoms with E-state index < -0.39 is 10.0 Å². The van der Waals surface area contributed by atoms with Crippen molar-refractivity contribution in [2.45, 2.75) is 5.75 Å². The van der Waals surface area contributed by atoms with Gasteiger partial charge in [0, 0.05) is 6.20 Å². The van der Waals surface area contributed by atoms with Crippen LogP contribution in [0.2, 0.25) is 0 Å². The molecule has 1 aromatic carbocycles. The number of anilines is 1. The Morgan fingerprint density at radius 2 is 2.28 bits per heavy atom. The van der Waals surface area contributed by atoms with E-state index in [0.717, 1.165) is 0 Å². The average Bonchev–Trinajstić information content (AvgIpc) is 2.80. The van der Waals surface area contributed by atoms with Gasteiger partial charge in [0.2, 0.25) is 10.0 Å². The minimum Gasteiger partial charge on any atom is -0.284 e. The maximum atomic E-state index is 11.8. The number of H-pyrrole nitrogens is 1. The zero-order chi connectivity index (χ0) is 13.0. The smallest absolute Gasteiger partial charge is 0.237 e. The third kappa shape index (κ3) is 3.09. The first-order chi connectivity index (χ1) is 8.59. The van der Waals surface area contributed by atoms with Crippen LogP contribution in [0.4, 0.5) is 5.69 Å². The quantitative estimate of drug-likeness (QED) is 0.865. The molecular formula is C11H10N4O2S. The first kappa shape index (κ1) is 12.1. The van der Waals surface area contributed by atoms with Crippen LogP contribution in [0.5, 0.6) is 0 Å². The van der Waals surface area contributed by atoms with Gasteiger partial charge in [-0.2, -0.15) is 10.4 Å². The summed E-state index contributed by atoms with van der Waals surface area (Å²) in [6.07, 6.45) is 2.83. The molecule has 0 fully saturated rings. The number of nitrogens with zero attached hydrogens (tertiary/aromatic N) is 2. The summed E-state index contributed by atoms with van der Waals surface area (Å²) in [7, 11) is -3.50. The number of nitriles is 1. The second kappa shape index (κ2) is 4.89. The molecule has 18 heavy (non-hydrogen) atoms. The van der Waals surface area contributed by atoms with Gasteiger partial charge in [-0.3, -0.25) is 9.82 Å². The van der Waals surface area contributed by atoms with Gasteiger partial charge in [-0.15, -0.1) is 0 Å². The van der Waals surface area contributed by atoms with Crippen LogP contribution >= 0.6 is 0 Å². The van der Waals surface area contributed by atoms with Crippen molar-refractivity contribution in [3.63, 3.8) is 0 Å². The Labute approximate surface area is 104 Å².